The van der Waals surface area contributed by atoms with Gasteiger partial charge in [-0.25, -0.2) is 4.98 Å². The Balaban J connectivity index is 1.47. The van der Waals surface area contributed by atoms with Crippen molar-refractivity contribution in [3.63, 3.8) is 0 Å². The summed E-state index contributed by atoms with van der Waals surface area (Å²) in [7, 11) is 1.63. The first-order valence-corrected chi connectivity index (χ1v) is 13.4. The van der Waals surface area contributed by atoms with Crippen LogP contribution in [0.5, 0.6) is 11.6 Å². The van der Waals surface area contributed by atoms with E-state index < -0.39 is 18.0 Å². The molecule has 200 valence electrons. The summed E-state index contributed by atoms with van der Waals surface area (Å²) in [6, 6.07) is 16.4. The lowest BCUT2D eigenvalue weighted by Crippen LogP contribution is -2.24. The molecule has 2 N–H and O–H groups in total. The summed E-state index contributed by atoms with van der Waals surface area (Å²) in [5, 5.41) is 19.9. The van der Waals surface area contributed by atoms with Gasteiger partial charge in [0.15, 0.2) is 0 Å². The predicted molar refractivity (Wildman–Crippen MR) is 145 cm³/mol. The third kappa shape index (κ3) is 5.26. The Morgan fingerprint density at radius 2 is 1.89 bits per heavy atom. The van der Waals surface area contributed by atoms with Gasteiger partial charge in [-0.1, -0.05) is 24.3 Å². The van der Waals surface area contributed by atoms with Crippen molar-refractivity contribution >= 4 is 5.97 Å². The number of carboxylic acids is 1. The van der Waals surface area contributed by atoms with Gasteiger partial charge in [-0.15, -0.1) is 0 Å². The molecule has 0 aliphatic carbocycles. The summed E-state index contributed by atoms with van der Waals surface area (Å²) in [5.74, 6) is -0.622. The monoisotopic (exact) mass is 516 g/mol. The van der Waals surface area contributed by atoms with E-state index in [4.69, 9.17) is 9.47 Å². The first kappa shape index (κ1) is 26.2. The van der Waals surface area contributed by atoms with Crippen molar-refractivity contribution in [1.29, 1.82) is 0 Å². The van der Waals surface area contributed by atoms with Crippen molar-refractivity contribution in [3.05, 3.63) is 77.0 Å². The van der Waals surface area contributed by atoms with Crippen molar-refractivity contribution in [1.82, 2.24) is 9.88 Å². The molecule has 1 fully saturated rings. The lowest BCUT2D eigenvalue weighted by Gasteiger charge is -2.30. The van der Waals surface area contributed by atoms with E-state index in [-0.39, 0.29) is 12.1 Å². The van der Waals surface area contributed by atoms with Crippen LogP contribution in [0.15, 0.2) is 54.7 Å². The molecule has 0 bridgehead atoms. The molecular weight excluding hydrogens is 480 g/mol. The smallest absolute Gasteiger partial charge is 0.309 e. The second-order valence-corrected chi connectivity index (χ2v) is 10.4. The fraction of sp³-hybridized carbons (Fsp3) is 0.419. The fourth-order valence-corrected chi connectivity index (χ4v) is 5.63. The molecule has 0 saturated carbocycles. The Hall–Kier alpha value is -3.42. The number of methoxy groups -OCH3 is 1. The highest BCUT2D eigenvalue weighted by atomic mass is 16.5. The largest absolute Gasteiger partial charge is 0.485 e. The normalized spacial score (nSPS) is 19.7. The van der Waals surface area contributed by atoms with Crippen LogP contribution < -0.4 is 9.47 Å². The molecule has 4 atom stereocenters. The zero-order valence-electron chi connectivity index (χ0n) is 22.3. The topological polar surface area (TPSA) is 92.1 Å². The van der Waals surface area contributed by atoms with E-state index in [1.807, 2.05) is 18.2 Å². The summed E-state index contributed by atoms with van der Waals surface area (Å²) >= 11 is 0. The summed E-state index contributed by atoms with van der Waals surface area (Å²) in [6.07, 6.45) is 4.71. The van der Waals surface area contributed by atoms with E-state index in [1.165, 1.54) is 25.3 Å². The average molecular weight is 517 g/mol. The van der Waals surface area contributed by atoms with Crippen molar-refractivity contribution in [2.24, 2.45) is 5.92 Å². The van der Waals surface area contributed by atoms with Crippen molar-refractivity contribution in [3.8, 4) is 22.8 Å². The second-order valence-electron chi connectivity index (χ2n) is 10.4. The van der Waals surface area contributed by atoms with Gasteiger partial charge in [0.25, 0.3) is 0 Å². The van der Waals surface area contributed by atoms with E-state index in [1.54, 1.807) is 25.4 Å². The number of pyridine rings is 1. The lowest BCUT2D eigenvalue weighted by molar-refractivity contribution is -0.145. The standard InChI is InChI=1S/C31H36N2O5/c1-19(31(35)36)30(34)24-7-6-21-9-11-27(38-28(21)17-24)23-8-10-25(22-12-13-32-29(18-22)37-3)26(16-23)20(2)33-14-4-5-15-33/h6-8,10,12-13,16-20,27,30,34H,4-5,9,11,14-15H2,1-3H3,(H,35,36)/t19-,20?,27?,30+/m0/s1. The highest BCUT2D eigenvalue weighted by Gasteiger charge is 2.28. The zero-order chi connectivity index (χ0) is 26.8. The number of fused-ring (bicyclic) bond motifs is 1. The molecule has 38 heavy (non-hydrogen) atoms. The SMILES string of the molecule is COc1cc(-c2ccc(C3CCc4ccc([C@H](O)[C@H](C)C(=O)O)cc4O3)cc2C(C)N2CCCC2)ccn1. The number of aryl methyl sites for hydroxylation is 1. The molecule has 0 radical (unpaired) electrons. The highest BCUT2D eigenvalue weighted by molar-refractivity contribution is 5.71. The number of hydrogen-bond acceptors (Lipinski definition) is 6. The molecule has 7 nitrogen and oxygen atoms in total. The Bertz CT molecular complexity index is 1300. The molecule has 0 amide bonds. The number of carboxylic acid groups (broad SMARTS) is 1. The van der Waals surface area contributed by atoms with Crippen LogP contribution in [0.2, 0.25) is 0 Å². The van der Waals surface area contributed by atoms with Gasteiger partial charge in [0, 0.05) is 18.3 Å². The molecule has 1 aromatic heterocycles. The van der Waals surface area contributed by atoms with Crippen LogP contribution in [0.25, 0.3) is 11.1 Å². The summed E-state index contributed by atoms with van der Waals surface area (Å²) in [4.78, 5) is 18.2. The minimum absolute atomic E-state index is 0.127. The van der Waals surface area contributed by atoms with E-state index >= 15 is 0 Å². The van der Waals surface area contributed by atoms with Gasteiger partial charge in [-0.05, 0) is 104 Å². The molecule has 2 unspecified atom stereocenters. The van der Waals surface area contributed by atoms with Gasteiger partial charge in [0.05, 0.1) is 19.1 Å². The molecule has 2 aliphatic rings. The van der Waals surface area contributed by atoms with E-state index in [2.05, 4.69) is 35.0 Å². The number of aliphatic carboxylic acids is 1. The van der Waals surface area contributed by atoms with Gasteiger partial charge >= 0.3 is 5.97 Å². The fourth-order valence-electron chi connectivity index (χ4n) is 5.63. The summed E-state index contributed by atoms with van der Waals surface area (Å²) in [6.45, 7) is 5.98. The van der Waals surface area contributed by atoms with Crippen LogP contribution in [0, 0.1) is 5.92 Å². The lowest BCUT2D eigenvalue weighted by atomic mass is 9.89. The molecule has 0 spiro atoms. The number of carbonyl (C=O) groups is 1. The zero-order valence-corrected chi connectivity index (χ0v) is 22.3. The van der Waals surface area contributed by atoms with E-state index in [9.17, 15) is 15.0 Å². The number of ether oxygens (including phenoxy) is 2. The van der Waals surface area contributed by atoms with Crippen molar-refractivity contribution in [2.45, 2.75) is 57.8 Å². The quantitative estimate of drug-likeness (QED) is 0.395. The van der Waals surface area contributed by atoms with Gasteiger partial charge < -0.3 is 19.7 Å². The number of aliphatic hydroxyl groups is 1. The van der Waals surface area contributed by atoms with Crippen LogP contribution in [-0.2, 0) is 11.2 Å². The Morgan fingerprint density at radius 3 is 2.63 bits per heavy atom. The van der Waals surface area contributed by atoms with Gasteiger partial charge in [-0.3, -0.25) is 9.69 Å². The first-order chi connectivity index (χ1) is 18.4. The maximum Gasteiger partial charge on any atom is 0.309 e. The van der Waals surface area contributed by atoms with Crippen LogP contribution in [0.4, 0.5) is 0 Å². The molecule has 5 rings (SSSR count). The average Bonchev–Trinajstić information content (AvgIpc) is 3.50. The van der Waals surface area contributed by atoms with Crippen molar-refractivity contribution in [2.75, 3.05) is 20.2 Å². The Morgan fingerprint density at radius 1 is 1.11 bits per heavy atom. The Kier molecular flexibility index (Phi) is 7.68. The molecule has 3 heterocycles. The van der Waals surface area contributed by atoms with Gasteiger partial charge in [0.2, 0.25) is 5.88 Å². The minimum atomic E-state index is -1.09. The number of benzene rings is 2. The van der Waals surface area contributed by atoms with Gasteiger partial charge in [-0.2, -0.15) is 0 Å². The predicted octanol–water partition coefficient (Wildman–Crippen LogP) is 5.73. The van der Waals surface area contributed by atoms with Crippen LogP contribution in [0.3, 0.4) is 0 Å². The maximum atomic E-state index is 11.4. The molecule has 2 aromatic carbocycles. The molecule has 3 aromatic rings. The number of nitrogens with zero attached hydrogens (tertiary/aromatic N) is 2. The van der Waals surface area contributed by atoms with Crippen LogP contribution in [0.1, 0.15) is 73.6 Å². The third-order valence-corrected chi connectivity index (χ3v) is 8.08. The van der Waals surface area contributed by atoms with Crippen molar-refractivity contribution < 1.29 is 24.5 Å². The van der Waals surface area contributed by atoms with Crippen LogP contribution in [-0.4, -0.2) is 46.3 Å². The summed E-state index contributed by atoms with van der Waals surface area (Å²) < 4.78 is 11.9. The maximum absolute atomic E-state index is 11.4. The minimum Gasteiger partial charge on any atom is -0.485 e. The molecular formula is C31H36N2O5. The number of aromatic nitrogens is 1. The Labute approximate surface area is 224 Å². The highest BCUT2D eigenvalue weighted by Crippen LogP contribution is 2.40. The number of rotatable bonds is 8. The van der Waals surface area contributed by atoms with Crippen LogP contribution >= 0.6 is 0 Å². The van der Waals surface area contributed by atoms with Gasteiger partial charge in [0.1, 0.15) is 11.9 Å². The summed E-state index contributed by atoms with van der Waals surface area (Å²) in [5.41, 5.74) is 6.25. The third-order valence-electron chi connectivity index (χ3n) is 8.08. The second kappa shape index (κ2) is 11.1. The molecule has 1 saturated heterocycles. The number of likely N-dealkylation sites (tertiary alicyclic amines) is 1. The molecule has 2 aliphatic heterocycles. The number of hydrogen-bond donors (Lipinski definition) is 2. The number of aliphatic hydroxyl groups excluding tert-OH is 1. The molecule has 7 heteroatoms. The van der Waals surface area contributed by atoms with E-state index in [0.717, 1.165) is 48.2 Å². The van der Waals surface area contributed by atoms with E-state index in [0.29, 0.717) is 17.2 Å². The first-order valence-electron chi connectivity index (χ1n) is 13.4.